The second-order valence-corrected chi connectivity index (χ2v) is 4.30. The van der Waals surface area contributed by atoms with Crippen LogP contribution in [0.4, 0.5) is 0 Å². The first-order valence-electron chi connectivity index (χ1n) is 4.77. The molecule has 0 radical (unpaired) electrons. The van der Waals surface area contributed by atoms with Crippen molar-refractivity contribution in [2.75, 3.05) is 5.75 Å². The lowest BCUT2D eigenvalue weighted by molar-refractivity contribution is 0.0696. The fraction of sp³-hybridized carbons (Fsp3) is 0.364. The van der Waals surface area contributed by atoms with E-state index in [4.69, 9.17) is 5.11 Å². The summed E-state index contributed by atoms with van der Waals surface area (Å²) < 4.78 is 0. The van der Waals surface area contributed by atoms with E-state index in [1.54, 1.807) is 18.2 Å². The number of carbonyl (C=O) groups is 1. The number of hydrogen-bond acceptors (Lipinski definition) is 3. The molecule has 0 aliphatic carbocycles. The van der Waals surface area contributed by atoms with E-state index in [1.165, 1.54) is 11.8 Å². The molecule has 1 rings (SSSR count). The molecule has 0 saturated carbocycles. The average Bonchev–Trinajstić information content (AvgIpc) is 2.26. The van der Waals surface area contributed by atoms with Crippen molar-refractivity contribution in [2.45, 2.75) is 24.3 Å². The Balaban J connectivity index is 2.62. The molecular weight excluding hydrogens is 212 g/mol. The first-order valence-corrected chi connectivity index (χ1v) is 5.76. The van der Waals surface area contributed by atoms with Gasteiger partial charge in [0.25, 0.3) is 0 Å². The van der Waals surface area contributed by atoms with Gasteiger partial charge in [-0.3, -0.25) is 0 Å². The van der Waals surface area contributed by atoms with Gasteiger partial charge in [-0.2, -0.15) is 0 Å². The number of aromatic carboxylic acids is 1. The van der Waals surface area contributed by atoms with Gasteiger partial charge in [-0.25, -0.2) is 4.79 Å². The molecule has 0 spiro atoms. The largest absolute Gasteiger partial charge is 0.478 e. The predicted molar refractivity (Wildman–Crippen MR) is 60.4 cm³/mol. The minimum absolute atomic E-state index is 0.283. The van der Waals surface area contributed by atoms with Crippen LogP contribution in [0.25, 0.3) is 0 Å². The van der Waals surface area contributed by atoms with Crippen molar-refractivity contribution in [3.63, 3.8) is 0 Å². The monoisotopic (exact) mass is 226 g/mol. The Hall–Kier alpha value is -1.00. The first-order chi connectivity index (χ1) is 7.13. The van der Waals surface area contributed by atoms with Gasteiger partial charge in [0.05, 0.1) is 11.7 Å². The highest BCUT2D eigenvalue weighted by Crippen LogP contribution is 2.20. The summed E-state index contributed by atoms with van der Waals surface area (Å²) in [5, 5.41) is 18.1. The molecule has 0 aliphatic rings. The van der Waals surface area contributed by atoms with Crippen LogP contribution in [0, 0.1) is 0 Å². The predicted octanol–water partition coefficient (Wildman–Crippen LogP) is 2.25. The zero-order valence-corrected chi connectivity index (χ0v) is 9.33. The van der Waals surface area contributed by atoms with Crippen LogP contribution in [0.3, 0.4) is 0 Å². The Kier molecular flexibility index (Phi) is 4.65. The molecule has 0 aliphatic heterocycles. The fourth-order valence-electron chi connectivity index (χ4n) is 1.03. The molecule has 15 heavy (non-hydrogen) atoms. The highest BCUT2D eigenvalue weighted by Gasteiger charge is 2.05. The molecule has 1 unspecified atom stereocenters. The molecule has 1 aromatic carbocycles. The SMILES string of the molecule is CCC(O)CSc1cccc(C(=O)O)c1. The Bertz CT molecular complexity index is 338. The van der Waals surface area contributed by atoms with Crippen molar-refractivity contribution in [1.82, 2.24) is 0 Å². The van der Waals surface area contributed by atoms with Crippen LogP contribution in [0.1, 0.15) is 23.7 Å². The van der Waals surface area contributed by atoms with Crippen LogP contribution in [0.15, 0.2) is 29.2 Å². The quantitative estimate of drug-likeness (QED) is 0.756. The second-order valence-electron chi connectivity index (χ2n) is 3.21. The number of rotatable bonds is 5. The second kappa shape index (κ2) is 5.78. The van der Waals surface area contributed by atoms with E-state index >= 15 is 0 Å². The Morgan fingerprint density at radius 2 is 2.27 bits per heavy atom. The molecule has 0 heterocycles. The van der Waals surface area contributed by atoms with E-state index in [1.807, 2.05) is 13.0 Å². The van der Waals surface area contributed by atoms with Crippen molar-refractivity contribution >= 4 is 17.7 Å². The lowest BCUT2D eigenvalue weighted by Gasteiger charge is -2.07. The van der Waals surface area contributed by atoms with Crippen LogP contribution in [0.5, 0.6) is 0 Å². The maximum absolute atomic E-state index is 10.7. The molecule has 2 N–H and O–H groups in total. The number of thioether (sulfide) groups is 1. The van der Waals surface area contributed by atoms with E-state index in [2.05, 4.69) is 0 Å². The topological polar surface area (TPSA) is 57.5 Å². The third kappa shape index (κ3) is 3.93. The molecule has 0 bridgehead atoms. The smallest absolute Gasteiger partial charge is 0.335 e. The minimum atomic E-state index is -0.923. The van der Waals surface area contributed by atoms with Gasteiger partial charge >= 0.3 is 5.97 Å². The molecule has 0 aromatic heterocycles. The lowest BCUT2D eigenvalue weighted by Crippen LogP contribution is -2.07. The van der Waals surface area contributed by atoms with Gasteiger partial charge in [-0.1, -0.05) is 13.0 Å². The Labute approximate surface area is 93.1 Å². The van der Waals surface area contributed by atoms with Crippen LogP contribution in [-0.4, -0.2) is 28.0 Å². The highest BCUT2D eigenvalue weighted by atomic mass is 32.2. The summed E-state index contributed by atoms with van der Waals surface area (Å²) in [6.45, 7) is 1.92. The van der Waals surface area contributed by atoms with Gasteiger partial charge in [0, 0.05) is 10.6 Å². The number of carboxylic acids is 1. The zero-order chi connectivity index (χ0) is 11.3. The van der Waals surface area contributed by atoms with Crippen LogP contribution in [-0.2, 0) is 0 Å². The maximum Gasteiger partial charge on any atom is 0.335 e. The molecule has 4 heteroatoms. The summed E-state index contributed by atoms with van der Waals surface area (Å²) in [4.78, 5) is 11.6. The molecular formula is C11H14O3S. The summed E-state index contributed by atoms with van der Waals surface area (Å²) in [5.74, 6) is -0.326. The van der Waals surface area contributed by atoms with Crippen LogP contribution >= 0.6 is 11.8 Å². The third-order valence-electron chi connectivity index (χ3n) is 1.99. The van der Waals surface area contributed by atoms with E-state index in [-0.39, 0.29) is 11.7 Å². The molecule has 0 fully saturated rings. The standard InChI is InChI=1S/C11H14O3S/c1-2-9(12)7-15-10-5-3-4-8(6-10)11(13)14/h3-6,9,12H,2,7H2,1H3,(H,13,14). The third-order valence-corrected chi connectivity index (χ3v) is 3.13. The normalized spacial score (nSPS) is 12.4. The summed E-state index contributed by atoms with van der Waals surface area (Å²) >= 11 is 1.47. The summed E-state index contributed by atoms with van der Waals surface area (Å²) in [7, 11) is 0. The van der Waals surface area contributed by atoms with Crippen LogP contribution < -0.4 is 0 Å². The number of aliphatic hydroxyl groups is 1. The van der Waals surface area contributed by atoms with Crippen molar-refractivity contribution in [2.24, 2.45) is 0 Å². The average molecular weight is 226 g/mol. The lowest BCUT2D eigenvalue weighted by atomic mass is 10.2. The fourth-order valence-corrected chi connectivity index (χ4v) is 2.03. The maximum atomic E-state index is 10.7. The minimum Gasteiger partial charge on any atom is -0.478 e. The molecule has 0 saturated heterocycles. The van der Waals surface area contributed by atoms with Gasteiger partial charge in [-0.05, 0) is 24.6 Å². The molecule has 1 atom stereocenters. The van der Waals surface area contributed by atoms with Crippen molar-refractivity contribution in [3.8, 4) is 0 Å². The van der Waals surface area contributed by atoms with Gasteiger partial charge in [0.1, 0.15) is 0 Å². The summed E-state index contributed by atoms with van der Waals surface area (Å²) in [6.07, 6.45) is 0.384. The summed E-state index contributed by atoms with van der Waals surface area (Å²) in [6, 6.07) is 6.74. The van der Waals surface area contributed by atoms with Gasteiger partial charge < -0.3 is 10.2 Å². The van der Waals surface area contributed by atoms with Gasteiger partial charge in [-0.15, -0.1) is 11.8 Å². The first kappa shape index (κ1) is 12.1. The van der Waals surface area contributed by atoms with E-state index in [9.17, 15) is 9.90 Å². The molecule has 3 nitrogen and oxygen atoms in total. The Morgan fingerprint density at radius 3 is 2.87 bits per heavy atom. The van der Waals surface area contributed by atoms with Crippen molar-refractivity contribution < 1.29 is 15.0 Å². The molecule has 0 amide bonds. The number of hydrogen-bond donors (Lipinski definition) is 2. The number of aliphatic hydroxyl groups excluding tert-OH is 1. The number of benzene rings is 1. The van der Waals surface area contributed by atoms with E-state index in [0.29, 0.717) is 12.2 Å². The van der Waals surface area contributed by atoms with E-state index < -0.39 is 5.97 Å². The highest BCUT2D eigenvalue weighted by molar-refractivity contribution is 7.99. The van der Waals surface area contributed by atoms with Gasteiger partial charge in [0.15, 0.2) is 0 Å². The molecule has 82 valence electrons. The zero-order valence-electron chi connectivity index (χ0n) is 8.51. The van der Waals surface area contributed by atoms with Crippen molar-refractivity contribution in [1.29, 1.82) is 0 Å². The Morgan fingerprint density at radius 1 is 1.53 bits per heavy atom. The summed E-state index contributed by atoms with van der Waals surface area (Å²) in [5.41, 5.74) is 0.283. The van der Waals surface area contributed by atoms with Crippen molar-refractivity contribution in [3.05, 3.63) is 29.8 Å². The van der Waals surface area contributed by atoms with E-state index in [0.717, 1.165) is 4.90 Å². The van der Waals surface area contributed by atoms with Gasteiger partial charge in [0.2, 0.25) is 0 Å². The van der Waals surface area contributed by atoms with Crippen LogP contribution in [0.2, 0.25) is 0 Å². The number of carboxylic acid groups (broad SMARTS) is 1. The molecule has 1 aromatic rings.